The zero-order valence-corrected chi connectivity index (χ0v) is 21.2. The van der Waals surface area contributed by atoms with Crippen molar-refractivity contribution < 1.29 is 14.3 Å². The lowest BCUT2D eigenvalue weighted by atomic mass is 10.1. The van der Waals surface area contributed by atoms with Gasteiger partial charge in [-0.3, -0.25) is 9.78 Å². The second-order valence-corrected chi connectivity index (χ2v) is 8.36. The molecule has 0 amide bonds. The van der Waals surface area contributed by atoms with Crippen molar-refractivity contribution in [3.63, 3.8) is 0 Å². The SMILES string of the molecule is CCOc1cc(C=NNc2nc(-c3ccccc3)c(C#N)c(=O)[nH]2)cc(Br)c1OC(=O)c1ccccc1. The number of ether oxygens (including phenoxy) is 2. The van der Waals surface area contributed by atoms with Crippen LogP contribution < -0.4 is 20.5 Å². The molecule has 0 fully saturated rings. The lowest BCUT2D eigenvalue weighted by Crippen LogP contribution is -2.16. The van der Waals surface area contributed by atoms with E-state index >= 15 is 0 Å². The molecule has 0 spiro atoms. The van der Waals surface area contributed by atoms with Crippen molar-refractivity contribution in [2.45, 2.75) is 6.92 Å². The molecule has 0 radical (unpaired) electrons. The number of hydrogen-bond acceptors (Lipinski definition) is 8. The highest BCUT2D eigenvalue weighted by molar-refractivity contribution is 9.10. The fraction of sp³-hybridized carbons (Fsp3) is 0.0741. The van der Waals surface area contributed by atoms with Crippen molar-refractivity contribution in [1.82, 2.24) is 9.97 Å². The summed E-state index contributed by atoms with van der Waals surface area (Å²) < 4.78 is 11.8. The number of hydrogen-bond donors (Lipinski definition) is 2. The number of anilines is 1. The minimum atomic E-state index is -0.583. The number of carbonyl (C=O) groups is 1. The third-order valence-electron chi connectivity index (χ3n) is 5.00. The molecular weight excluding hydrogens is 538 g/mol. The lowest BCUT2D eigenvalue weighted by Gasteiger charge is -2.13. The van der Waals surface area contributed by atoms with E-state index in [0.29, 0.717) is 33.5 Å². The van der Waals surface area contributed by atoms with Crippen LogP contribution in [0, 0.1) is 11.3 Å². The van der Waals surface area contributed by atoms with Crippen LogP contribution in [-0.2, 0) is 0 Å². The maximum atomic E-state index is 12.5. The van der Waals surface area contributed by atoms with Gasteiger partial charge in [0.25, 0.3) is 5.56 Å². The smallest absolute Gasteiger partial charge is 0.343 e. The number of H-pyrrole nitrogens is 1. The van der Waals surface area contributed by atoms with Gasteiger partial charge in [-0.1, -0.05) is 48.5 Å². The first-order valence-corrected chi connectivity index (χ1v) is 11.9. The number of aromatic nitrogens is 2. The monoisotopic (exact) mass is 557 g/mol. The molecule has 4 aromatic rings. The van der Waals surface area contributed by atoms with E-state index in [2.05, 4.69) is 36.4 Å². The Hall–Kier alpha value is -4.75. The van der Waals surface area contributed by atoms with E-state index < -0.39 is 11.5 Å². The Morgan fingerprint density at radius 1 is 1.16 bits per heavy atom. The molecule has 0 aliphatic heterocycles. The first-order chi connectivity index (χ1) is 18.0. The van der Waals surface area contributed by atoms with Crippen LogP contribution in [0.4, 0.5) is 5.95 Å². The second kappa shape index (κ2) is 11.8. The summed E-state index contributed by atoms with van der Waals surface area (Å²) in [5.41, 5.74) is 3.91. The van der Waals surface area contributed by atoms with E-state index in [1.54, 1.807) is 60.7 Å². The number of rotatable bonds is 8. The number of benzene rings is 3. The molecule has 4 rings (SSSR count). The van der Waals surface area contributed by atoms with Gasteiger partial charge in [-0.15, -0.1) is 0 Å². The summed E-state index contributed by atoms with van der Waals surface area (Å²) in [4.78, 5) is 31.8. The number of nitrogens with zero attached hydrogens (tertiary/aromatic N) is 3. The Morgan fingerprint density at radius 2 is 1.86 bits per heavy atom. The summed E-state index contributed by atoms with van der Waals surface area (Å²) in [6.07, 6.45) is 1.48. The van der Waals surface area contributed by atoms with Crippen LogP contribution >= 0.6 is 15.9 Å². The molecule has 0 bridgehead atoms. The molecule has 1 heterocycles. The predicted molar refractivity (Wildman–Crippen MR) is 143 cm³/mol. The minimum Gasteiger partial charge on any atom is -0.490 e. The third-order valence-corrected chi connectivity index (χ3v) is 5.59. The molecule has 0 aliphatic rings. The van der Waals surface area contributed by atoms with E-state index in [1.165, 1.54) is 6.21 Å². The standard InChI is InChI=1S/C27H20BrN5O4/c1-2-36-22-14-17(13-21(28)24(22)37-26(35)19-11-7-4-8-12-19)16-30-33-27-31-23(18-9-5-3-6-10-18)20(15-29)25(34)32-27/h3-14,16H,2H2,1H3,(H2,31,32,33,34). The van der Waals surface area contributed by atoms with Gasteiger partial charge in [0.15, 0.2) is 11.5 Å². The Kier molecular flexibility index (Phi) is 8.08. The van der Waals surface area contributed by atoms with E-state index in [-0.39, 0.29) is 23.0 Å². The van der Waals surface area contributed by atoms with Crippen molar-refractivity contribution in [2.75, 3.05) is 12.0 Å². The average Bonchev–Trinajstić information content (AvgIpc) is 2.91. The molecule has 37 heavy (non-hydrogen) atoms. The Labute approximate surface area is 220 Å². The van der Waals surface area contributed by atoms with Crippen molar-refractivity contribution in [3.8, 4) is 28.8 Å². The Balaban J connectivity index is 1.58. The number of esters is 1. The van der Waals surface area contributed by atoms with Crippen LogP contribution in [0.2, 0.25) is 0 Å². The third kappa shape index (κ3) is 6.09. The van der Waals surface area contributed by atoms with Gasteiger partial charge in [-0.2, -0.15) is 10.4 Å². The van der Waals surface area contributed by atoms with Crippen LogP contribution in [0.1, 0.15) is 28.4 Å². The highest BCUT2D eigenvalue weighted by Gasteiger charge is 2.17. The zero-order valence-electron chi connectivity index (χ0n) is 19.6. The lowest BCUT2D eigenvalue weighted by molar-refractivity contribution is 0.0727. The largest absolute Gasteiger partial charge is 0.490 e. The van der Waals surface area contributed by atoms with Gasteiger partial charge in [0.1, 0.15) is 11.6 Å². The molecule has 0 saturated carbocycles. The summed E-state index contributed by atoms with van der Waals surface area (Å²) in [6, 6.07) is 22.8. The van der Waals surface area contributed by atoms with E-state index in [1.807, 2.05) is 25.1 Å². The van der Waals surface area contributed by atoms with E-state index in [4.69, 9.17) is 9.47 Å². The van der Waals surface area contributed by atoms with Gasteiger partial charge in [-0.05, 0) is 52.7 Å². The molecule has 0 saturated heterocycles. The van der Waals surface area contributed by atoms with Gasteiger partial charge in [0.05, 0.1) is 28.6 Å². The first kappa shape index (κ1) is 25.3. The quantitative estimate of drug-likeness (QED) is 0.133. The van der Waals surface area contributed by atoms with Crippen molar-refractivity contribution >= 4 is 34.1 Å². The number of nitriles is 1. The van der Waals surface area contributed by atoms with Crippen molar-refractivity contribution in [1.29, 1.82) is 5.26 Å². The predicted octanol–water partition coefficient (Wildman–Crippen LogP) is 5.13. The first-order valence-electron chi connectivity index (χ1n) is 11.1. The van der Waals surface area contributed by atoms with Gasteiger partial charge in [-0.25, -0.2) is 15.2 Å². The molecule has 0 unspecified atom stereocenters. The second-order valence-electron chi connectivity index (χ2n) is 7.50. The molecule has 2 N–H and O–H groups in total. The van der Waals surface area contributed by atoms with Gasteiger partial charge >= 0.3 is 5.97 Å². The van der Waals surface area contributed by atoms with E-state index in [0.717, 1.165) is 0 Å². The summed E-state index contributed by atoms with van der Waals surface area (Å²) in [6.45, 7) is 2.16. The number of hydrazone groups is 1. The maximum Gasteiger partial charge on any atom is 0.343 e. The number of aromatic amines is 1. The normalized spacial score (nSPS) is 10.6. The van der Waals surface area contributed by atoms with Crippen LogP contribution in [0.5, 0.6) is 11.5 Å². The average molecular weight is 558 g/mol. The fourth-order valence-corrected chi connectivity index (χ4v) is 3.89. The topological polar surface area (TPSA) is 129 Å². The van der Waals surface area contributed by atoms with Gasteiger partial charge in [0, 0.05) is 5.56 Å². The molecule has 0 aliphatic carbocycles. The number of halogens is 1. The molecule has 9 nitrogen and oxygen atoms in total. The number of carbonyl (C=O) groups excluding carboxylic acids is 1. The Bertz CT molecular complexity index is 1550. The molecular formula is C27H20BrN5O4. The van der Waals surface area contributed by atoms with Crippen LogP contribution in [0.3, 0.4) is 0 Å². The number of nitrogens with one attached hydrogen (secondary N) is 2. The summed E-state index contributed by atoms with van der Waals surface area (Å²) in [7, 11) is 0. The molecule has 1 aromatic heterocycles. The summed E-state index contributed by atoms with van der Waals surface area (Å²) in [5, 5.41) is 13.6. The maximum absolute atomic E-state index is 12.5. The van der Waals surface area contributed by atoms with Crippen LogP contribution in [0.25, 0.3) is 11.3 Å². The fourth-order valence-electron chi connectivity index (χ4n) is 3.35. The van der Waals surface area contributed by atoms with Gasteiger partial charge in [0.2, 0.25) is 5.95 Å². The molecule has 3 aromatic carbocycles. The van der Waals surface area contributed by atoms with Crippen molar-refractivity contribution in [3.05, 3.63) is 104 Å². The zero-order chi connectivity index (χ0) is 26.2. The molecule has 10 heteroatoms. The summed E-state index contributed by atoms with van der Waals surface area (Å²) in [5.74, 6) is 0.136. The molecule has 0 atom stereocenters. The molecule has 184 valence electrons. The summed E-state index contributed by atoms with van der Waals surface area (Å²) >= 11 is 3.44. The van der Waals surface area contributed by atoms with Gasteiger partial charge < -0.3 is 9.47 Å². The van der Waals surface area contributed by atoms with Crippen molar-refractivity contribution in [2.24, 2.45) is 5.10 Å². The Morgan fingerprint density at radius 3 is 2.54 bits per heavy atom. The van der Waals surface area contributed by atoms with Crippen LogP contribution in [0.15, 0.2) is 87.2 Å². The highest BCUT2D eigenvalue weighted by Crippen LogP contribution is 2.37. The minimum absolute atomic E-state index is 0.0663. The highest BCUT2D eigenvalue weighted by atomic mass is 79.9. The van der Waals surface area contributed by atoms with Crippen LogP contribution in [-0.4, -0.2) is 28.8 Å². The van der Waals surface area contributed by atoms with E-state index in [9.17, 15) is 14.9 Å².